The molecule has 1 aromatic heterocycles. The van der Waals surface area contributed by atoms with Crippen molar-refractivity contribution in [2.75, 3.05) is 26.2 Å². The van der Waals surface area contributed by atoms with Gasteiger partial charge in [-0.15, -0.1) is 0 Å². The first-order valence-electron chi connectivity index (χ1n) is 13.0. The zero-order chi connectivity index (χ0) is 29.1. The average Bonchev–Trinajstić information content (AvgIpc) is 3.14. The van der Waals surface area contributed by atoms with E-state index in [4.69, 9.17) is 9.15 Å². The van der Waals surface area contributed by atoms with Gasteiger partial charge >= 0.3 is 6.18 Å². The van der Waals surface area contributed by atoms with Gasteiger partial charge in [0.15, 0.2) is 0 Å². The van der Waals surface area contributed by atoms with Gasteiger partial charge in [0.25, 0.3) is 0 Å². The van der Waals surface area contributed by atoms with Crippen LogP contribution in [0.5, 0.6) is 5.75 Å². The molecule has 7 nitrogen and oxygen atoms in total. The van der Waals surface area contributed by atoms with E-state index in [2.05, 4.69) is 20.8 Å². The Labute approximate surface area is 232 Å². The molecule has 0 amide bonds. The highest BCUT2D eigenvalue weighted by Gasteiger charge is 2.33. The number of halogens is 3. The van der Waals surface area contributed by atoms with E-state index in [0.717, 1.165) is 17.7 Å². The Bertz CT molecular complexity index is 1480. The van der Waals surface area contributed by atoms with Gasteiger partial charge in [-0.3, -0.25) is 9.69 Å². The lowest BCUT2D eigenvalue weighted by Gasteiger charge is -2.22. The number of nitrogens with zero attached hydrogens (tertiary/aromatic N) is 2. The molecular formula is C29H33F3N2O5S. The van der Waals surface area contributed by atoms with Crippen LogP contribution in [-0.4, -0.2) is 43.8 Å². The molecule has 0 unspecified atom stereocenters. The molecule has 0 bridgehead atoms. The van der Waals surface area contributed by atoms with E-state index in [1.54, 1.807) is 0 Å². The van der Waals surface area contributed by atoms with Gasteiger partial charge in [0.2, 0.25) is 21.2 Å². The van der Waals surface area contributed by atoms with E-state index >= 15 is 0 Å². The summed E-state index contributed by atoms with van der Waals surface area (Å²) >= 11 is 0. The van der Waals surface area contributed by atoms with Crippen molar-refractivity contribution in [3.8, 4) is 5.75 Å². The largest absolute Gasteiger partial charge is 0.482 e. The van der Waals surface area contributed by atoms with Gasteiger partial charge in [-0.25, -0.2) is 8.42 Å². The summed E-state index contributed by atoms with van der Waals surface area (Å²) in [6, 6.07) is 13.1. The quantitative estimate of drug-likeness (QED) is 0.372. The summed E-state index contributed by atoms with van der Waals surface area (Å²) in [7, 11) is -4.10. The number of ether oxygens (including phenoxy) is 1. The molecule has 40 heavy (non-hydrogen) atoms. The SMILES string of the molecule is CC(C)(C)c1ccc(COc2coc(CN3CCCN(S(=O)(=O)c4cccc(C(F)(F)F)c4)CC3)cc2=O)cc1. The van der Waals surface area contributed by atoms with Crippen LogP contribution in [-0.2, 0) is 34.8 Å². The Morgan fingerprint density at radius 1 is 0.925 bits per heavy atom. The third-order valence-corrected chi connectivity index (χ3v) is 8.69. The zero-order valence-electron chi connectivity index (χ0n) is 22.7. The van der Waals surface area contributed by atoms with E-state index in [0.29, 0.717) is 31.3 Å². The predicted octanol–water partition coefficient (Wildman–Crippen LogP) is 5.43. The Balaban J connectivity index is 1.35. The molecule has 1 saturated heterocycles. The second-order valence-electron chi connectivity index (χ2n) is 10.9. The van der Waals surface area contributed by atoms with E-state index < -0.39 is 21.8 Å². The summed E-state index contributed by atoms with van der Waals surface area (Å²) in [5, 5.41) is 0. The fraction of sp³-hybridized carbons (Fsp3) is 0.414. The molecule has 0 N–H and O–H groups in total. The number of sulfonamides is 1. The van der Waals surface area contributed by atoms with E-state index in [1.165, 1.54) is 28.3 Å². The fourth-order valence-corrected chi connectivity index (χ4v) is 5.95. The van der Waals surface area contributed by atoms with Crippen LogP contribution in [0.2, 0.25) is 0 Å². The maximum absolute atomic E-state index is 13.1. The van der Waals surface area contributed by atoms with Gasteiger partial charge in [-0.05, 0) is 47.7 Å². The van der Waals surface area contributed by atoms with Crippen molar-refractivity contribution < 1.29 is 30.7 Å². The lowest BCUT2D eigenvalue weighted by molar-refractivity contribution is -0.137. The van der Waals surface area contributed by atoms with Crippen molar-refractivity contribution in [2.24, 2.45) is 0 Å². The minimum atomic E-state index is -4.64. The summed E-state index contributed by atoms with van der Waals surface area (Å²) < 4.78 is 77.9. The van der Waals surface area contributed by atoms with Gasteiger partial charge in [-0.2, -0.15) is 17.5 Å². The monoisotopic (exact) mass is 578 g/mol. The van der Waals surface area contributed by atoms with E-state index in [1.807, 2.05) is 29.2 Å². The first-order valence-corrected chi connectivity index (χ1v) is 14.4. The molecule has 0 aliphatic carbocycles. The maximum Gasteiger partial charge on any atom is 0.416 e. The molecule has 4 rings (SSSR count). The highest BCUT2D eigenvalue weighted by Crippen LogP contribution is 2.31. The standard InChI is InChI=1S/C29H33F3N2O5S/c1-28(2,3)22-10-8-21(9-11-22)19-39-27-20-38-24(17-26(27)35)18-33-12-5-13-34(15-14-33)40(36,37)25-7-4-6-23(16-25)29(30,31)32/h4,6-11,16-17,20H,5,12-15,18-19H2,1-3H3. The lowest BCUT2D eigenvalue weighted by atomic mass is 9.87. The van der Waals surface area contributed by atoms with Gasteiger partial charge in [-0.1, -0.05) is 51.1 Å². The van der Waals surface area contributed by atoms with Crippen molar-refractivity contribution in [2.45, 2.75) is 56.8 Å². The van der Waals surface area contributed by atoms with Crippen LogP contribution in [0.1, 0.15) is 49.6 Å². The van der Waals surface area contributed by atoms with Crippen molar-refractivity contribution in [1.82, 2.24) is 9.21 Å². The number of hydrogen-bond donors (Lipinski definition) is 0. The smallest absolute Gasteiger partial charge is 0.416 e. The Kier molecular flexibility index (Phi) is 8.77. The molecule has 0 saturated carbocycles. The zero-order valence-corrected chi connectivity index (χ0v) is 23.5. The minimum absolute atomic E-state index is 0.0404. The summed E-state index contributed by atoms with van der Waals surface area (Å²) in [6.07, 6.45) is -2.88. The highest BCUT2D eigenvalue weighted by atomic mass is 32.2. The van der Waals surface area contributed by atoms with Gasteiger partial charge in [0.05, 0.1) is 17.0 Å². The summed E-state index contributed by atoms with van der Waals surface area (Å²) in [5.41, 5.74) is 0.830. The highest BCUT2D eigenvalue weighted by molar-refractivity contribution is 7.89. The van der Waals surface area contributed by atoms with Crippen LogP contribution in [0.3, 0.4) is 0 Å². The molecule has 1 aliphatic rings. The summed E-state index contributed by atoms with van der Waals surface area (Å²) in [5.74, 6) is 0.499. The molecule has 1 aliphatic heterocycles. The van der Waals surface area contributed by atoms with Crippen molar-refractivity contribution in [1.29, 1.82) is 0 Å². The van der Waals surface area contributed by atoms with Crippen LogP contribution in [0, 0.1) is 0 Å². The first-order chi connectivity index (χ1) is 18.7. The Hall–Kier alpha value is -3.15. The van der Waals surface area contributed by atoms with Gasteiger partial charge in [0, 0.05) is 25.7 Å². The molecule has 3 aromatic rings. The molecule has 11 heteroatoms. The number of rotatable bonds is 7. The maximum atomic E-state index is 13.1. The molecule has 0 spiro atoms. The second kappa shape index (κ2) is 11.8. The predicted molar refractivity (Wildman–Crippen MR) is 145 cm³/mol. The molecule has 2 heterocycles. The second-order valence-corrected chi connectivity index (χ2v) is 12.8. The third-order valence-electron chi connectivity index (χ3n) is 6.79. The van der Waals surface area contributed by atoms with Crippen LogP contribution in [0.25, 0.3) is 0 Å². The van der Waals surface area contributed by atoms with Crippen molar-refractivity contribution in [3.63, 3.8) is 0 Å². The topological polar surface area (TPSA) is 80.1 Å². The average molecular weight is 579 g/mol. The number of alkyl halides is 3. The lowest BCUT2D eigenvalue weighted by Crippen LogP contribution is -2.35. The van der Waals surface area contributed by atoms with Crippen LogP contribution in [0.15, 0.2) is 75.0 Å². The van der Waals surface area contributed by atoms with E-state index in [-0.39, 0.29) is 47.7 Å². The molecule has 216 valence electrons. The molecule has 0 radical (unpaired) electrons. The Morgan fingerprint density at radius 3 is 2.30 bits per heavy atom. The van der Waals surface area contributed by atoms with Gasteiger partial charge in [0.1, 0.15) is 18.6 Å². The molecule has 0 atom stereocenters. The fourth-order valence-electron chi connectivity index (χ4n) is 4.44. The van der Waals surface area contributed by atoms with Crippen molar-refractivity contribution >= 4 is 10.0 Å². The van der Waals surface area contributed by atoms with Crippen LogP contribution < -0.4 is 10.2 Å². The molecule has 1 fully saturated rings. The normalized spacial score (nSPS) is 16.1. The Morgan fingerprint density at radius 2 is 1.65 bits per heavy atom. The van der Waals surface area contributed by atoms with Gasteiger partial charge < -0.3 is 9.15 Å². The third kappa shape index (κ3) is 7.32. The van der Waals surface area contributed by atoms with Crippen LogP contribution >= 0.6 is 0 Å². The summed E-state index contributed by atoms with van der Waals surface area (Å²) in [6.45, 7) is 8.02. The first kappa shape index (κ1) is 29.8. The molecule has 2 aromatic carbocycles. The van der Waals surface area contributed by atoms with Crippen molar-refractivity contribution in [3.05, 3.63) is 93.5 Å². The number of benzene rings is 2. The van der Waals surface area contributed by atoms with E-state index in [9.17, 15) is 26.4 Å². The van der Waals surface area contributed by atoms with Crippen LogP contribution in [0.4, 0.5) is 13.2 Å². The minimum Gasteiger partial charge on any atom is -0.482 e. The summed E-state index contributed by atoms with van der Waals surface area (Å²) in [4.78, 5) is 14.2. The molecular weight excluding hydrogens is 545 g/mol. The number of hydrogen-bond acceptors (Lipinski definition) is 6.